The summed E-state index contributed by atoms with van der Waals surface area (Å²) in [5.41, 5.74) is 0. The van der Waals surface area contributed by atoms with Crippen molar-refractivity contribution in [1.29, 1.82) is 0 Å². The molecule has 4 nitrogen and oxygen atoms in total. The normalized spacial score (nSPS) is 11.8. The molecule has 0 aliphatic heterocycles. The Labute approximate surface area is 167 Å². The average molecular weight is 395 g/mol. The molecule has 0 rings (SSSR count). The molecule has 0 saturated carbocycles. The number of unbranched alkanes of at least 4 members (excludes halogenated alkanes) is 14. The number of halogens is 1. The van der Waals surface area contributed by atoms with Gasteiger partial charge in [-0.3, -0.25) is 4.79 Å². The van der Waals surface area contributed by atoms with Gasteiger partial charge in [0.1, 0.15) is 12.7 Å². The van der Waals surface area contributed by atoms with E-state index in [1.54, 1.807) is 0 Å². The molecule has 2 N–H and O–H groups in total. The van der Waals surface area contributed by atoms with E-state index in [1.807, 2.05) is 0 Å². The smallest absolute Gasteiger partial charge is 0.305 e. The van der Waals surface area contributed by atoms with E-state index in [1.165, 1.54) is 83.5 Å². The van der Waals surface area contributed by atoms with E-state index >= 15 is 0 Å². The van der Waals surface area contributed by atoms with E-state index < -0.39 is 6.10 Å². The maximum Gasteiger partial charge on any atom is 0.305 e. The van der Waals surface area contributed by atoms with Crippen LogP contribution in [0.15, 0.2) is 0 Å². The second-order valence-corrected chi connectivity index (χ2v) is 7.22. The number of esters is 1. The van der Waals surface area contributed by atoms with Gasteiger partial charge in [-0.1, -0.05) is 96.8 Å². The number of aliphatic hydroxyl groups is 2. The molecule has 0 amide bonds. The summed E-state index contributed by atoms with van der Waals surface area (Å²) in [4.78, 5) is 11.4. The largest absolute Gasteiger partial charge is 0.463 e. The molecule has 0 heterocycles. The van der Waals surface area contributed by atoms with Crippen LogP contribution in [0.1, 0.15) is 110 Å². The average Bonchev–Trinajstić information content (AvgIpc) is 2.62. The van der Waals surface area contributed by atoms with Crippen LogP contribution in [0.25, 0.3) is 0 Å². The third kappa shape index (κ3) is 21.7. The molecular weight excluding hydrogens is 352 g/mol. The maximum absolute atomic E-state index is 11.4. The molecule has 0 saturated heterocycles. The zero-order valence-electron chi connectivity index (χ0n) is 16.9. The Morgan fingerprint density at radius 1 is 0.769 bits per heavy atom. The van der Waals surface area contributed by atoms with Gasteiger partial charge in [-0.15, -0.1) is 12.4 Å². The zero-order chi connectivity index (χ0) is 18.6. The topological polar surface area (TPSA) is 66.8 Å². The fourth-order valence-corrected chi connectivity index (χ4v) is 2.95. The second kappa shape index (κ2) is 22.7. The number of hydrogen-bond donors (Lipinski definition) is 2. The van der Waals surface area contributed by atoms with E-state index in [0.29, 0.717) is 6.42 Å². The predicted molar refractivity (Wildman–Crippen MR) is 111 cm³/mol. The molecular formula is C21H43ClO4. The molecule has 0 aliphatic rings. The lowest BCUT2D eigenvalue weighted by Gasteiger charge is -2.08. The lowest BCUT2D eigenvalue weighted by atomic mass is 10.0. The van der Waals surface area contributed by atoms with Crippen molar-refractivity contribution in [1.82, 2.24) is 0 Å². The third-order valence-electron chi connectivity index (χ3n) is 4.63. The molecule has 1 atom stereocenters. The summed E-state index contributed by atoms with van der Waals surface area (Å²) in [7, 11) is 0. The van der Waals surface area contributed by atoms with Crippen LogP contribution in [0.2, 0.25) is 0 Å². The standard InChI is InChI=1S/C21H42O4.ClH/c1-2-3-4-5-6-7-8-9-10-11-12-13-14-15-16-17-21(24)25-19-20(23)18-22;/h20,22-23H,2-19H2,1H3;1H. The molecule has 0 radical (unpaired) electrons. The third-order valence-corrected chi connectivity index (χ3v) is 4.63. The minimum absolute atomic E-state index is 0. The first kappa shape index (κ1) is 27.9. The van der Waals surface area contributed by atoms with Crippen LogP contribution in [-0.4, -0.2) is 35.5 Å². The number of carbonyl (C=O) groups excluding carboxylic acids is 1. The fraction of sp³-hybridized carbons (Fsp3) is 0.952. The minimum atomic E-state index is -0.954. The van der Waals surface area contributed by atoms with E-state index in [2.05, 4.69) is 6.92 Å². The number of rotatable bonds is 19. The van der Waals surface area contributed by atoms with Crippen LogP contribution in [0.3, 0.4) is 0 Å². The minimum Gasteiger partial charge on any atom is -0.463 e. The monoisotopic (exact) mass is 394 g/mol. The predicted octanol–water partition coefficient (Wildman–Crippen LogP) is 5.57. The van der Waals surface area contributed by atoms with Crippen molar-refractivity contribution in [3.05, 3.63) is 0 Å². The highest BCUT2D eigenvalue weighted by atomic mass is 35.5. The summed E-state index contributed by atoms with van der Waals surface area (Å²) >= 11 is 0. The number of hydrogen-bond acceptors (Lipinski definition) is 4. The van der Waals surface area contributed by atoms with Gasteiger partial charge in [-0.05, 0) is 6.42 Å². The van der Waals surface area contributed by atoms with Crippen LogP contribution in [0.5, 0.6) is 0 Å². The van der Waals surface area contributed by atoms with Crippen molar-refractivity contribution in [3.8, 4) is 0 Å². The second-order valence-electron chi connectivity index (χ2n) is 7.22. The first-order valence-corrected chi connectivity index (χ1v) is 10.6. The van der Waals surface area contributed by atoms with Gasteiger partial charge in [0.25, 0.3) is 0 Å². The number of aliphatic hydroxyl groups excluding tert-OH is 2. The van der Waals surface area contributed by atoms with E-state index in [4.69, 9.17) is 14.9 Å². The number of ether oxygens (including phenoxy) is 1. The van der Waals surface area contributed by atoms with Gasteiger partial charge in [-0.25, -0.2) is 0 Å². The van der Waals surface area contributed by atoms with E-state index in [0.717, 1.165) is 12.8 Å². The van der Waals surface area contributed by atoms with Gasteiger partial charge in [0.05, 0.1) is 6.61 Å². The Morgan fingerprint density at radius 2 is 1.15 bits per heavy atom. The van der Waals surface area contributed by atoms with Crippen LogP contribution in [-0.2, 0) is 9.53 Å². The van der Waals surface area contributed by atoms with Gasteiger partial charge >= 0.3 is 5.97 Å². The van der Waals surface area contributed by atoms with Crippen molar-refractivity contribution < 1.29 is 19.7 Å². The maximum atomic E-state index is 11.4. The highest BCUT2D eigenvalue weighted by molar-refractivity contribution is 5.85. The summed E-state index contributed by atoms with van der Waals surface area (Å²) in [6.07, 6.45) is 19.0. The highest BCUT2D eigenvalue weighted by Gasteiger charge is 2.07. The molecule has 0 aliphatic carbocycles. The SMILES string of the molecule is CCCCCCCCCCCCCCCCCC(=O)OCC(O)CO.Cl. The van der Waals surface area contributed by atoms with Crippen molar-refractivity contribution in [2.75, 3.05) is 13.2 Å². The summed E-state index contributed by atoms with van der Waals surface area (Å²) in [5, 5.41) is 17.7. The molecule has 26 heavy (non-hydrogen) atoms. The first-order chi connectivity index (χ1) is 12.2. The van der Waals surface area contributed by atoms with E-state index in [-0.39, 0.29) is 31.6 Å². The molecule has 158 valence electrons. The highest BCUT2D eigenvalue weighted by Crippen LogP contribution is 2.13. The molecule has 1 unspecified atom stereocenters. The van der Waals surface area contributed by atoms with E-state index in [9.17, 15) is 4.79 Å². The molecule has 0 spiro atoms. The Bertz CT molecular complexity index is 287. The molecule has 5 heteroatoms. The zero-order valence-corrected chi connectivity index (χ0v) is 17.7. The molecule has 0 aromatic rings. The molecule has 0 bridgehead atoms. The molecule has 0 aromatic carbocycles. The summed E-state index contributed by atoms with van der Waals surface area (Å²) < 4.78 is 4.86. The van der Waals surface area contributed by atoms with Crippen LogP contribution in [0, 0.1) is 0 Å². The Balaban J connectivity index is 0. The first-order valence-electron chi connectivity index (χ1n) is 10.6. The fourth-order valence-electron chi connectivity index (χ4n) is 2.95. The van der Waals surface area contributed by atoms with Gasteiger partial charge in [0, 0.05) is 6.42 Å². The van der Waals surface area contributed by atoms with Crippen molar-refractivity contribution in [3.63, 3.8) is 0 Å². The summed E-state index contributed by atoms with van der Waals surface area (Å²) in [5.74, 6) is -0.276. The van der Waals surface area contributed by atoms with Gasteiger partial charge < -0.3 is 14.9 Å². The van der Waals surface area contributed by atoms with Crippen LogP contribution in [0.4, 0.5) is 0 Å². The molecule has 0 fully saturated rings. The quantitative estimate of drug-likeness (QED) is 0.222. The summed E-state index contributed by atoms with van der Waals surface area (Å²) in [6.45, 7) is 1.79. The van der Waals surface area contributed by atoms with Crippen molar-refractivity contribution in [2.45, 2.75) is 116 Å². The van der Waals surface area contributed by atoms with Gasteiger partial charge in [0.2, 0.25) is 0 Å². The van der Waals surface area contributed by atoms with Crippen LogP contribution < -0.4 is 0 Å². The van der Waals surface area contributed by atoms with Gasteiger partial charge in [-0.2, -0.15) is 0 Å². The Kier molecular flexibility index (Phi) is 24.4. The van der Waals surface area contributed by atoms with Crippen molar-refractivity contribution >= 4 is 18.4 Å². The summed E-state index contributed by atoms with van der Waals surface area (Å²) in [6, 6.07) is 0. The molecule has 0 aromatic heterocycles. The number of carbonyl (C=O) groups is 1. The Hall–Kier alpha value is -0.320. The van der Waals surface area contributed by atoms with Crippen molar-refractivity contribution in [2.24, 2.45) is 0 Å². The lowest BCUT2D eigenvalue weighted by molar-refractivity contribution is -0.147. The Morgan fingerprint density at radius 3 is 1.54 bits per heavy atom. The van der Waals surface area contributed by atoms with Gasteiger partial charge in [0.15, 0.2) is 0 Å². The lowest BCUT2D eigenvalue weighted by Crippen LogP contribution is -2.21. The van der Waals surface area contributed by atoms with Crippen LogP contribution >= 0.6 is 12.4 Å².